The first-order valence-corrected chi connectivity index (χ1v) is 11.6. The lowest BCUT2D eigenvalue weighted by atomic mass is 10.1. The summed E-state index contributed by atoms with van der Waals surface area (Å²) in [7, 11) is -0.584. The molecule has 1 fully saturated rings. The van der Waals surface area contributed by atoms with Crippen LogP contribution in [-0.2, 0) is 16.4 Å². The molecule has 2 aromatic carbocycles. The van der Waals surface area contributed by atoms with Crippen LogP contribution in [0.3, 0.4) is 0 Å². The molecular formula is C22H30N2O4S. The molecule has 2 aromatic rings. The first-order chi connectivity index (χ1) is 14.0. The van der Waals surface area contributed by atoms with E-state index in [2.05, 4.69) is 33.9 Å². The van der Waals surface area contributed by atoms with Crippen molar-refractivity contribution in [1.82, 2.24) is 4.72 Å². The van der Waals surface area contributed by atoms with Crippen LogP contribution in [0.15, 0.2) is 47.4 Å². The zero-order valence-electron chi connectivity index (χ0n) is 17.2. The van der Waals surface area contributed by atoms with E-state index in [4.69, 9.17) is 9.47 Å². The van der Waals surface area contributed by atoms with Crippen LogP contribution in [0, 0.1) is 0 Å². The number of aryl methyl sites for hydroxylation is 1. The molecule has 1 aliphatic heterocycles. The average molecular weight is 419 g/mol. The third-order valence-corrected chi connectivity index (χ3v) is 6.72. The van der Waals surface area contributed by atoms with Gasteiger partial charge < -0.3 is 14.4 Å². The molecule has 1 aliphatic rings. The Bertz CT molecular complexity index is 892. The van der Waals surface area contributed by atoms with E-state index in [0.29, 0.717) is 18.0 Å². The maximum absolute atomic E-state index is 12.5. The predicted molar refractivity (Wildman–Crippen MR) is 116 cm³/mol. The Labute approximate surface area is 173 Å². The molecule has 0 aromatic heterocycles. The normalized spacial score (nSPS) is 14.6. The zero-order valence-corrected chi connectivity index (χ0v) is 18.0. The Hall–Kier alpha value is -2.25. The molecule has 29 heavy (non-hydrogen) atoms. The predicted octanol–water partition coefficient (Wildman–Crippen LogP) is 3.61. The van der Waals surface area contributed by atoms with Gasteiger partial charge in [0.1, 0.15) is 0 Å². The Morgan fingerprint density at radius 3 is 2.28 bits per heavy atom. The highest BCUT2D eigenvalue weighted by molar-refractivity contribution is 7.89. The minimum absolute atomic E-state index is 0.168. The number of hydrogen-bond donors (Lipinski definition) is 1. The van der Waals surface area contributed by atoms with Crippen LogP contribution in [0.5, 0.6) is 11.5 Å². The molecule has 1 N–H and O–H groups in total. The van der Waals surface area contributed by atoms with E-state index in [1.165, 1.54) is 56.9 Å². The Morgan fingerprint density at radius 1 is 0.931 bits per heavy atom. The summed E-state index contributed by atoms with van der Waals surface area (Å²) in [6, 6.07) is 13.2. The highest BCUT2D eigenvalue weighted by Crippen LogP contribution is 2.29. The summed E-state index contributed by atoms with van der Waals surface area (Å²) in [5.74, 6) is 0.892. The minimum Gasteiger partial charge on any atom is -0.493 e. The van der Waals surface area contributed by atoms with Crippen LogP contribution in [-0.4, -0.2) is 42.3 Å². The fourth-order valence-corrected chi connectivity index (χ4v) is 4.68. The number of anilines is 1. The number of sulfonamides is 1. The third kappa shape index (κ3) is 5.64. The molecule has 0 unspecified atom stereocenters. The van der Waals surface area contributed by atoms with E-state index in [1.807, 2.05) is 0 Å². The minimum atomic E-state index is -3.59. The fraction of sp³-hybridized carbons (Fsp3) is 0.455. The topological polar surface area (TPSA) is 67.9 Å². The molecule has 1 heterocycles. The van der Waals surface area contributed by atoms with Crippen LogP contribution >= 0.6 is 0 Å². The van der Waals surface area contributed by atoms with Gasteiger partial charge in [-0.05, 0) is 61.9 Å². The SMILES string of the molecule is COc1ccc(S(=O)(=O)NCCCc2ccc(N3CCCCC3)cc2)cc1OC. The molecule has 0 aliphatic carbocycles. The van der Waals surface area contributed by atoms with Gasteiger partial charge in [-0.15, -0.1) is 0 Å². The monoisotopic (exact) mass is 418 g/mol. The van der Waals surface area contributed by atoms with E-state index in [0.717, 1.165) is 25.9 Å². The van der Waals surface area contributed by atoms with Gasteiger partial charge in [0.25, 0.3) is 0 Å². The van der Waals surface area contributed by atoms with E-state index in [-0.39, 0.29) is 4.90 Å². The number of benzene rings is 2. The molecular weight excluding hydrogens is 388 g/mol. The summed E-state index contributed by atoms with van der Waals surface area (Å²) in [4.78, 5) is 2.60. The second kappa shape index (κ2) is 9.98. The highest BCUT2D eigenvalue weighted by atomic mass is 32.2. The van der Waals surface area contributed by atoms with Gasteiger partial charge in [-0.2, -0.15) is 0 Å². The van der Waals surface area contributed by atoms with Crippen molar-refractivity contribution < 1.29 is 17.9 Å². The summed E-state index contributed by atoms with van der Waals surface area (Å²) in [6.07, 6.45) is 5.42. The van der Waals surface area contributed by atoms with Gasteiger partial charge >= 0.3 is 0 Å². The van der Waals surface area contributed by atoms with Crippen LogP contribution < -0.4 is 19.1 Å². The lowest BCUT2D eigenvalue weighted by molar-refractivity contribution is 0.354. The van der Waals surface area contributed by atoms with Crippen LogP contribution in [0.25, 0.3) is 0 Å². The molecule has 6 nitrogen and oxygen atoms in total. The smallest absolute Gasteiger partial charge is 0.240 e. The van der Waals surface area contributed by atoms with Crippen molar-refractivity contribution in [3.63, 3.8) is 0 Å². The molecule has 0 atom stereocenters. The number of ether oxygens (including phenoxy) is 2. The van der Waals surface area contributed by atoms with E-state index in [9.17, 15) is 8.42 Å². The quantitative estimate of drug-likeness (QED) is 0.630. The summed E-state index contributed by atoms with van der Waals surface area (Å²) >= 11 is 0. The van der Waals surface area contributed by atoms with E-state index < -0.39 is 10.0 Å². The molecule has 158 valence electrons. The van der Waals surface area contributed by atoms with Crippen LogP contribution in [0.2, 0.25) is 0 Å². The standard InChI is InChI=1S/C22H30N2O4S/c1-27-21-13-12-20(17-22(21)28-2)29(25,26)23-14-6-7-18-8-10-19(11-9-18)24-15-4-3-5-16-24/h8-13,17,23H,3-7,14-16H2,1-2H3. The number of rotatable bonds is 9. The number of hydrogen-bond acceptors (Lipinski definition) is 5. The number of methoxy groups -OCH3 is 2. The molecule has 0 saturated carbocycles. The Morgan fingerprint density at radius 2 is 1.62 bits per heavy atom. The highest BCUT2D eigenvalue weighted by Gasteiger charge is 2.16. The van der Waals surface area contributed by atoms with Crippen molar-refractivity contribution in [2.45, 2.75) is 37.0 Å². The lowest BCUT2D eigenvalue weighted by Gasteiger charge is -2.28. The van der Waals surface area contributed by atoms with E-state index >= 15 is 0 Å². The van der Waals surface area contributed by atoms with Crippen LogP contribution in [0.4, 0.5) is 5.69 Å². The second-order valence-electron chi connectivity index (χ2n) is 7.23. The summed E-state index contributed by atoms with van der Waals surface area (Å²) in [5, 5.41) is 0. The van der Waals surface area contributed by atoms with Crippen molar-refractivity contribution in [3.05, 3.63) is 48.0 Å². The number of piperidine rings is 1. The fourth-order valence-electron chi connectivity index (χ4n) is 3.59. The van der Waals surface area contributed by atoms with Gasteiger partial charge in [0.15, 0.2) is 11.5 Å². The maximum Gasteiger partial charge on any atom is 0.240 e. The van der Waals surface area contributed by atoms with Gasteiger partial charge in [0, 0.05) is 31.4 Å². The molecule has 0 amide bonds. The zero-order chi connectivity index (χ0) is 20.7. The van der Waals surface area contributed by atoms with Crippen molar-refractivity contribution in [1.29, 1.82) is 0 Å². The molecule has 0 bridgehead atoms. The van der Waals surface area contributed by atoms with Gasteiger partial charge in [-0.1, -0.05) is 12.1 Å². The van der Waals surface area contributed by atoms with Gasteiger partial charge in [0.05, 0.1) is 19.1 Å². The lowest BCUT2D eigenvalue weighted by Crippen LogP contribution is -2.29. The summed E-state index contributed by atoms with van der Waals surface area (Å²) < 4.78 is 38.0. The maximum atomic E-state index is 12.5. The van der Waals surface area contributed by atoms with Gasteiger partial charge in [-0.25, -0.2) is 13.1 Å². The molecule has 1 saturated heterocycles. The van der Waals surface area contributed by atoms with Crippen molar-refractivity contribution in [3.8, 4) is 11.5 Å². The number of nitrogens with one attached hydrogen (secondary N) is 1. The number of nitrogens with zero attached hydrogens (tertiary/aromatic N) is 1. The first-order valence-electron chi connectivity index (χ1n) is 10.1. The molecule has 3 rings (SSSR count). The van der Waals surface area contributed by atoms with Gasteiger partial charge in [-0.3, -0.25) is 0 Å². The molecule has 0 spiro atoms. The summed E-state index contributed by atoms with van der Waals surface area (Å²) in [6.45, 7) is 2.65. The van der Waals surface area contributed by atoms with Gasteiger partial charge in [0.2, 0.25) is 10.0 Å². The van der Waals surface area contributed by atoms with Crippen molar-refractivity contribution >= 4 is 15.7 Å². The van der Waals surface area contributed by atoms with E-state index in [1.54, 1.807) is 6.07 Å². The molecule has 7 heteroatoms. The average Bonchev–Trinajstić information content (AvgIpc) is 2.77. The third-order valence-electron chi connectivity index (χ3n) is 5.26. The van der Waals surface area contributed by atoms with Crippen molar-refractivity contribution in [2.24, 2.45) is 0 Å². The van der Waals surface area contributed by atoms with Crippen molar-refractivity contribution in [2.75, 3.05) is 38.8 Å². The Kier molecular flexibility index (Phi) is 7.39. The molecule has 0 radical (unpaired) electrons. The van der Waals surface area contributed by atoms with Crippen LogP contribution in [0.1, 0.15) is 31.2 Å². The second-order valence-corrected chi connectivity index (χ2v) is 9.00. The largest absolute Gasteiger partial charge is 0.493 e. The first kappa shape index (κ1) is 21.5. The Balaban J connectivity index is 1.50. The summed E-state index contributed by atoms with van der Waals surface area (Å²) in [5.41, 5.74) is 2.50.